The fourth-order valence-corrected chi connectivity index (χ4v) is 4.26. The molecule has 0 saturated carbocycles. The number of sulfonamides is 1. The van der Waals surface area contributed by atoms with Gasteiger partial charge in [0.2, 0.25) is 5.91 Å². The molecular weight excluding hydrogens is 382 g/mol. The first-order valence-corrected chi connectivity index (χ1v) is 10.1. The molecule has 3 rings (SSSR count). The van der Waals surface area contributed by atoms with Gasteiger partial charge in [-0.3, -0.25) is 14.3 Å². The van der Waals surface area contributed by atoms with E-state index in [1.165, 1.54) is 39.3 Å². The van der Waals surface area contributed by atoms with E-state index in [0.29, 0.717) is 24.3 Å². The predicted molar refractivity (Wildman–Crippen MR) is 105 cm³/mol. The van der Waals surface area contributed by atoms with Gasteiger partial charge >= 0.3 is 0 Å². The molecule has 0 aliphatic carbocycles. The summed E-state index contributed by atoms with van der Waals surface area (Å²) in [4.78, 5) is 25.2. The predicted octanol–water partition coefficient (Wildman–Crippen LogP) is 1.76. The summed E-state index contributed by atoms with van der Waals surface area (Å²) in [6, 6.07) is 9.14. The van der Waals surface area contributed by atoms with Crippen LogP contribution in [-0.2, 0) is 21.2 Å². The summed E-state index contributed by atoms with van der Waals surface area (Å²) in [5, 5.41) is 2.49. The van der Waals surface area contributed by atoms with E-state index >= 15 is 0 Å². The molecule has 1 heterocycles. The molecule has 0 spiro atoms. The summed E-state index contributed by atoms with van der Waals surface area (Å²) in [6.07, 6.45) is 0.591. The van der Waals surface area contributed by atoms with Gasteiger partial charge in [-0.2, -0.15) is 0 Å². The molecule has 0 bridgehead atoms. The molecule has 2 aromatic carbocycles. The smallest absolute Gasteiger partial charge is 0.262 e. The van der Waals surface area contributed by atoms with E-state index in [4.69, 9.17) is 4.74 Å². The van der Waals surface area contributed by atoms with Crippen molar-refractivity contribution in [1.82, 2.24) is 5.32 Å². The van der Waals surface area contributed by atoms with Gasteiger partial charge in [0.15, 0.2) is 0 Å². The third kappa shape index (κ3) is 3.65. The number of amides is 2. The van der Waals surface area contributed by atoms with Gasteiger partial charge in [-0.1, -0.05) is 0 Å². The van der Waals surface area contributed by atoms with E-state index in [9.17, 15) is 18.0 Å². The molecule has 2 N–H and O–H groups in total. The number of carbonyl (C=O) groups excluding carboxylic acids is 2. The lowest BCUT2D eigenvalue weighted by molar-refractivity contribution is -0.116. The minimum Gasteiger partial charge on any atom is -0.495 e. The summed E-state index contributed by atoms with van der Waals surface area (Å²) < 4.78 is 33.5. The van der Waals surface area contributed by atoms with E-state index in [-0.39, 0.29) is 22.4 Å². The maximum absolute atomic E-state index is 12.9. The molecule has 0 atom stereocenters. The van der Waals surface area contributed by atoms with Crippen molar-refractivity contribution in [3.8, 4) is 5.75 Å². The highest BCUT2D eigenvalue weighted by Gasteiger charge is 2.25. The topological polar surface area (TPSA) is 105 Å². The number of carbonyl (C=O) groups is 2. The van der Waals surface area contributed by atoms with Gasteiger partial charge in [-0.15, -0.1) is 0 Å². The number of hydrogen-bond acceptors (Lipinski definition) is 5. The van der Waals surface area contributed by atoms with Gasteiger partial charge in [0.1, 0.15) is 5.75 Å². The van der Waals surface area contributed by atoms with Gasteiger partial charge in [0, 0.05) is 31.8 Å². The number of methoxy groups -OCH3 is 1. The fraction of sp³-hybridized carbons (Fsp3) is 0.263. The lowest BCUT2D eigenvalue weighted by Crippen LogP contribution is -2.25. The average Bonchev–Trinajstić information content (AvgIpc) is 3.10. The second kappa shape index (κ2) is 7.51. The fourth-order valence-electron chi connectivity index (χ4n) is 3.15. The zero-order valence-electron chi connectivity index (χ0n) is 15.8. The Morgan fingerprint density at radius 2 is 1.89 bits per heavy atom. The minimum absolute atomic E-state index is 0.0732. The van der Waals surface area contributed by atoms with Crippen LogP contribution in [0.5, 0.6) is 5.75 Å². The van der Waals surface area contributed by atoms with Crippen LogP contribution in [0.4, 0.5) is 11.4 Å². The summed E-state index contributed by atoms with van der Waals surface area (Å²) in [5.41, 5.74) is 1.98. The Balaban J connectivity index is 1.95. The van der Waals surface area contributed by atoms with Crippen molar-refractivity contribution in [1.29, 1.82) is 0 Å². The number of benzene rings is 2. The van der Waals surface area contributed by atoms with Crippen LogP contribution in [0.15, 0.2) is 41.3 Å². The van der Waals surface area contributed by atoms with Gasteiger partial charge in [-0.05, 0) is 48.4 Å². The van der Waals surface area contributed by atoms with Crippen LogP contribution >= 0.6 is 0 Å². The molecule has 0 saturated heterocycles. The number of ether oxygens (including phenoxy) is 1. The van der Waals surface area contributed by atoms with Gasteiger partial charge in [0.05, 0.1) is 17.7 Å². The Morgan fingerprint density at radius 3 is 2.54 bits per heavy atom. The average molecular weight is 403 g/mol. The first-order valence-electron chi connectivity index (χ1n) is 8.61. The van der Waals surface area contributed by atoms with Crippen LogP contribution in [0.1, 0.15) is 22.8 Å². The van der Waals surface area contributed by atoms with E-state index in [1.54, 1.807) is 23.1 Å². The molecule has 0 unspecified atom stereocenters. The second-order valence-electron chi connectivity index (χ2n) is 6.31. The van der Waals surface area contributed by atoms with Crippen LogP contribution in [0.2, 0.25) is 0 Å². The third-order valence-electron chi connectivity index (χ3n) is 4.57. The van der Waals surface area contributed by atoms with Crippen molar-refractivity contribution in [2.45, 2.75) is 18.2 Å². The summed E-state index contributed by atoms with van der Waals surface area (Å²) in [5.74, 6) is -0.131. The number of hydrogen-bond donors (Lipinski definition) is 2. The maximum Gasteiger partial charge on any atom is 0.262 e. The van der Waals surface area contributed by atoms with Crippen LogP contribution in [0.25, 0.3) is 0 Å². The minimum atomic E-state index is -3.92. The van der Waals surface area contributed by atoms with Gasteiger partial charge < -0.3 is 15.0 Å². The van der Waals surface area contributed by atoms with Crippen molar-refractivity contribution in [3.63, 3.8) is 0 Å². The molecule has 28 heavy (non-hydrogen) atoms. The maximum atomic E-state index is 12.9. The van der Waals surface area contributed by atoms with Gasteiger partial charge in [0.25, 0.3) is 15.9 Å². The van der Waals surface area contributed by atoms with E-state index in [2.05, 4.69) is 10.0 Å². The Kier molecular flexibility index (Phi) is 5.28. The number of nitrogens with zero attached hydrogens (tertiary/aromatic N) is 1. The molecule has 2 aromatic rings. The molecule has 0 radical (unpaired) electrons. The molecule has 0 aromatic heterocycles. The van der Waals surface area contributed by atoms with Gasteiger partial charge in [-0.25, -0.2) is 8.42 Å². The summed E-state index contributed by atoms with van der Waals surface area (Å²) in [6.45, 7) is 2.01. The summed E-state index contributed by atoms with van der Waals surface area (Å²) >= 11 is 0. The van der Waals surface area contributed by atoms with Crippen molar-refractivity contribution < 1.29 is 22.7 Å². The van der Waals surface area contributed by atoms with Crippen LogP contribution in [0, 0.1) is 0 Å². The van der Waals surface area contributed by atoms with Crippen LogP contribution < -0.4 is 19.7 Å². The Hall–Kier alpha value is -3.07. The Morgan fingerprint density at radius 1 is 1.14 bits per heavy atom. The normalized spacial score (nSPS) is 13.0. The van der Waals surface area contributed by atoms with Crippen molar-refractivity contribution in [3.05, 3.63) is 47.5 Å². The largest absolute Gasteiger partial charge is 0.495 e. The lowest BCUT2D eigenvalue weighted by Gasteiger charge is -2.16. The van der Waals surface area contributed by atoms with Crippen molar-refractivity contribution >= 4 is 33.2 Å². The SMILES string of the molecule is CNC(=O)c1ccc(OC)c(NS(=O)(=O)c2ccc3c(c2)CCN3C(C)=O)c1. The molecule has 8 nitrogen and oxygen atoms in total. The number of nitrogens with one attached hydrogen (secondary N) is 2. The van der Waals surface area contributed by atoms with E-state index in [0.717, 1.165) is 11.3 Å². The van der Waals surface area contributed by atoms with Crippen LogP contribution in [0.3, 0.4) is 0 Å². The third-order valence-corrected chi connectivity index (χ3v) is 5.93. The number of rotatable bonds is 5. The Labute approximate surface area is 163 Å². The van der Waals surface area contributed by atoms with Crippen molar-refractivity contribution in [2.75, 3.05) is 30.3 Å². The van der Waals surface area contributed by atoms with E-state index in [1.807, 2.05) is 0 Å². The Bertz CT molecular complexity index is 1050. The zero-order chi connectivity index (χ0) is 20.5. The highest BCUT2D eigenvalue weighted by atomic mass is 32.2. The van der Waals surface area contributed by atoms with Crippen molar-refractivity contribution in [2.24, 2.45) is 0 Å². The quantitative estimate of drug-likeness (QED) is 0.792. The second-order valence-corrected chi connectivity index (χ2v) is 7.99. The highest BCUT2D eigenvalue weighted by molar-refractivity contribution is 7.92. The zero-order valence-corrected chi connectivity index (χ0v) is 16.6. The first kappa shape index (κ1) is 19.7. The van der Waals surface area contributed by atoms with Crippen LogP contribution in [-0.4, -0.2) is 40.9 Å². The number of fused-ring (bicyclic) bond motifs is 1. The molecular formula is C19H21N3O5S. The molecule has 148 valence electrons. The standard InChI is InChI=1S/C19H21N3O5S/c1-12(23)22-9-8-13-10-15(5-6-17(13)22)28(25,26)21-16-11-14(19(24)20-2)4-7-18(16)27-3/h4-7,10-11,21H,8-9H2,1-3H3,(H,20,24). The molecule has 1 aliphatic heterocycles. The molecule has 0 fully saturated rings. The monoisotopic (exact) mass is 403 g/mol. The molecule has 9 heteroatoms. The summed E-state index contributed by atoms with van der Waals surface area (Å²) in [7, 11) is -1.01. The van der Waals surface area contributed by atoms with E-state index < -0.39 is 10.0 Å². The highest BCUT2D eigenvalue weighted by Crippen LogP contribution is 2.32. The molecule has 2 amide bonds. The first-order chi connectivity index (χ1) is 13.3. The number of anilines is 2. The lowest BCUT2D eigenvalue weighted by atomic mass is 10.2. The molecule has 1 aliphatic rings.